The van der Waals surface area contributed by atoms with Gasteiger partial charge in [-0.2, -0.15) is 0 Å². The van der Waals surface area contributed by atoms with E-state index in [1.54, 1.807) is 0 Å². The van der Waals surface area contributed by atoms with Crippen LogP contribution in [0.25, 0.3) is 11.0 Å². The lowest BCUT2D eigenvalue weighted by molar-refractivity contribution is 0.0992. The highest BCUT2D eigenvalue weighted by molar-refractivity contribution is 6.00. The number of fused-ring (bicyclic) bond motifs is 1. The molecule has 0 amide bonds. The third kappa shape index (κ3) is 2.76. The average molecular weight is 245 g/mol. The first-order valence-corrected chi connectivity index (χ1v) is 6.47. The van der Waals surface area contributed by atoms with Crippen molar-refractivity contribution in [2.45, 2.75) is 26.7 Å². The number of likely N-dealkylation sites (N-methyl/N-ethyl adjacent to an activating group) is 1. The number of H-pyrrole nitrogens is 1. The van der Waals surface area contributed by atoms with Crippen molar-refractivity contribution in [1.29, 1.82) is 0 Å². The van der Waals surface area contributed by atoms with Crippen molar-refractivity contribution in [2.75, 3.05) is 13.1 Å². The lowest BCUT2D eigenvalue weighted by atomic mass is 10.1. The molecule has 1 heterocycles. The lowest BCUT2D eigenvalue weighted by Crippen LogP contribution is -2.22. The van der Waals surface area contributed by atoms with E-state index in [1.165, 1.54) is 0 Å². The molecule has 2 aromatic rings. The first-order chi connectivity index (χ1) is 8.74. The van der Waals surface area contributed by atoms with Gasteiger partial charge < -0.3 is 10.3 Å². The summed E-state index contributed by atoms with van der Waals surface area (Å²) in [6.45, 7) is 5.30. The number of benzene rings is 1. The Morgan fingerprint density at radius 1 is 1.39 bits per heavy atom. The molecule has 0 aliphatic heterocycles. The smallest absolute Gasteiger partial charge is 0.176 e. The fourth-order valence-corrected chi connectivity index (χ4v) is 1.93. The van der Waals surface area contributed by atoms with Crippen LogP contribution in [0.1, 0.15) is 36.5 Å². The van der Waals surface area contributed by atoms with Crippen molar-refractivity contribution >= 4 is 16.8 Å². The molecule has 0 unspecified atom stereocenters. The van der Waals surface area contributed by atoms with E-state index in [9.17, 15) is 4.79 Å². The highest BCUT2D eigenvalue weighted by Gasteiger charge is 2.08. The van der Waals surface area contributed by atoms with E-state index in [0.717, 1.165) is 41.8 Å². The van der Waals surface area contributed by atoms with Crippen LogP contribution in [-0.2, 0) is 6.42 Å². The number of Topliss-reactive ketones (excluding diaryl/α,β-unsaturated/α-hetero) is 1. The van der Waals surface area contributed by atoms with Gasteiger partial charge in [-0.1, -0.05) is 13.8 Å². The van der Waals surface area contributed by atoms with Crippen LogP contribution in [0.2, 0.25) is 0 Å². The summed E-state index contributed by atoms with van der Waals surface area (Å²) in [6.07, 6.45) is 2.00. The molecular formula is C14H19N3O. The van der Waals surface area contributed by atoms with E-state index in [1.807, 2.05) is 25.1 Å². The molecule has 4 nitrogen and oxygen atoms in total. The van der Waals surface area contributed by atoms with E-state index in [-0.39, 0.29) is 5.78 Å². The molecule has 1 aromatic heterocycles. The molecule has 0 saturated carbocycles. The molecule has 0 atom stereocenters. The minimum Gasteiger partial charge on any atom is -0.342 e. The quantitative estimate of drug-likeness (QED) is 0.768. The van der Waals surface area contributed by atoms with Gasteiger partial charge in [-0.15, -0.1) is 0 Å². The van der Waals surface area contributed by atoms with Gasteiger partial charge in [0.15, 0.2) is 5.78 Å². The van der Waals surface area contributed by atoms with Gasteiger partial charge >= 0.3 is 0 Å². The van der Waals surface area contributed by atoms with Crippen molar-refractivity contribution in [1.82, 2.24) is 15.3 Å². The van der Waals surface area contributed by atoms with E-state index in [0.29, 0.717) is 6.54 Å². The third-order valence-electron chi connectivity index (χ3n) is 2.88. The Labute approximate surface area is 107 Å². The Bertz CT molecular complexity index is 545. The number of imidazole rings is 1. The predicted molar refractivity (Wildman–Crippen MR) is 73.0 cm³/mol. The fraction of sp³-hybridized carbons (Fsp3) is 0.429. The Kier molecular flexibility index (Phi) is 4.10. The summed E-state index contributed by atoms with van der Waals surface area (Å²) in [5.41, 5.74) is 2.61. The summed E-state index contributed by atoms with van der Waals surface area (Å²) >= 11 is 0. The summed E-state index contributed by atoms with van der Waals surface area (Å²) in [4.78, 5) is 19.6. The number of aromatic amines is 1. The largest absolute Gasteiger partial charge is 0.342 e. The number of hydrogen-bond donors (Lipinski definition) is 2. The molecule has 0 radical (unpaired) electrons. The summed E-state index contributed by atoms with van der Waals surface area (Å²) < 4.78 is 0. The second-order valence-corrected chi connectivity index (χ2v) is 4.37. The Balaban J connectivity index is 2.23. The summed E-state index contributed by atoms with van der Waals surface area (Å²) in [5.74, 6) is 1.11. The zero-order valence-electron chi connectivity index (χ0n) is 10.9. The van der Waals surface area contributed by atoms with Crippen LogP contribution in [0, 0.1) is 0 Å². The van der Waals surface area contributed by atoms with Gasteiger partial charge in [-0.3, -0.25) is 4.79 Å². The highest BCUT2D eigenvalue weighted by atomic mass is 16.1. The van der Waals surface area contributed by atoms with Crippen molar-refractivity contribution in [3.63, 3.8) is 0 Å². The maximum Gasteiger partial charge on any atom is 0.176 e. The Hall–Kier alpha value is -1.68. The number of hydrogen-bond acceptors (Lipinski definition) is 3. The van der Waals surface area contributed by atoms with Gasteiger partial charge in [0.1, 0.15) is 5.82 Å². The van der Waals surface area contributed by atoms with Gasteiger partial charge in [0.2, 0.25) is 0 Å². The van der Waals surface area contributed by atoms with Crippen molar-refractivity contribution in [3.8, 4) is 0 Å². The van der Waals surface area contributed by atoms with Crippen LogP contribution in [-0.4, -0.2) is 28.8 Å². The summed E-state index contributed by atoms with van der Waals surface area (Å²) in [5, 5.41) is 3.04. The van der Waals surface area contributed by atoms with Crippen LogP contribution in [0.5, 0.6) is 0 Å². The van der Waals surface area contributed by atoms with Gasteiger partial charge in [-0.25, -0.2) is 4.98 Å². The van der Waals surface area contributed by atoms with E-state index < -0.39 is 0 Å². The molecule has 2 rings (SSSR count). The number of ketones is 1. The van der Waals surface area contributed by atoms with Crippen molar-refractivity contribution in [3.05, 3.63) is 29.6 Å². The van der Waals surface area contributed by atoms with Crippen LogP contribution < -0.4 is 5.32 Å². The third-order valence-corrected chi connectivity index (χ3v) is 2.88. The molecule has 4 heteroatoms. The standard InChI is InChI=1S/C14H19N3O/c1-3-5-14-16-11-7-6-10(8-12(11)17-14)13(18)9-15-4-2/h6-8,15H,3-5,9H2,1-2H3,(H,16,17). The lowest BCUT2D eigenvalue weighted by Gasteiger charge is -2.01. The van der Waals surface area contributed by atoms with Crippen LogP contribution in [0.15, 0.2) is 18.2 Å². The molecule has 2 N–H and O–H groups in total. The second-order valence-electron chi connectivity index (χ2n) is 4.37. The number of aromatic nitrogens is 2. The number of nitrogens with one attached hydrogen (secondary N) is 2. The van der Waals surface area contributed by atoms with E-state index >= 15 is 0 Å². The molecular weight excluding hydrogens is 226 g/mol. The predicted octanol–water partition coefficient (Wildman–Crippen LogP) is 2.31. The molecule has 0 aliphatic rings. The molecule has 96 valence electrons. The SMILES string of the molecule is CCCc1nc2ccc(C(=O)CNCC)cc2[nH]1. The number of rotatable bonds is 6. The van der Waals surface area contributed by atoms with Gasteiger partial charge in [-0.05, 0) is 31.2 Å². The number of carbonyl (C=O) groups is 1. The Morgan fingerprint density at radius 2 is 2.22 bits per heavy atom. The molecule has 0 aliphatic carbocycles. The van der Waals surface area contributed by atoms with Gasteiger partial charge in [0.25, 0.3) is 0 Å². The second kappa shape index (κ2) is 5.78. The zero-order chi connectivity index (χ0) is 13.0. The first kappa shape index (κ1) is 12.8. The monoisotopic (exact) mass is 245 g/mol. The Morgan fingerprint density at radius 3 is 2.94 bits per heavy atom. The minimum atomic E-state index is 0.116. The molecule has 18 heavy (non-hydrogen) atoms. The zero-order valence-corrected chi connectivity index (χ0v) is 10.9. The molecule has 0 saturated heterocycles. The fourth-order valence-electron chi connectivity index (χ4n) is 1.93. The topological polar surface area (TPSA) is 57.8 Å². The molecule has 0 spiro atoms. The average Bonchev–Trinajstić information content (AvgIpc) is 2.77. The van der Waals surface area contributed by atoms with Crippen molar-refractivity contribution < 1.29 is 4.79 Å². The molecule has 0 fully saturated rings. The normalized spacial score (nSPS) is 11.0. The number of aryl methyl sites for hydroxylation is 1. The van der Waals surface area contributed by atoms with Gasteiger partial charge in [0.05, 0.1) is 17.6 Å². The van der Waals surface area contributed by atoms with E-state index in [4.69, 9.17) is 0 Å². The molecule has 1 aromatic carbocycles. The molecule has 0 bridgehead atoms. The van der Waals surface area contributed by atoms with E-state index in [2.05, 4.69) is 22.2 Å². The van der Waals surface area contributed by atoms with Crippen LogP contribution in [0.4, 0.5) is 0 Å². The highest BCUT2D eigenvalue weighted by Crippen LogP contribution is 2.15. The summed E-state index contributed by atoms with van der Waals surface area (Å²) in [6, 6.07) is 5.64. The minimum absolute atomic E-state index is 0.116. The van der Waals surface area contributed by atoms with Crippen LogP contribution >= 0.6 is 0 Å². The van der Waals surface area contributed by atoms with Crippen molar-refractivity contribution in [2.24, 2.45) is 0 Å². The number of carbonyl (C=O) groups excluding carboxylic acids is 1. The van der Waals surface area contributed by atoms with Gasteiger partial charge in [0, 0.05) is 12.0 Å². The summed E-state index contributed by atoms with van der Waals surface area (Å²) in [7, 11) is 0. The van der Waals surface area contributed by atoms with Crippen LogP contribution in [0.3, 0.4) is 0 Å². The maximum absolute atomic E-state index is 11.9. The number of nitrogens with zero attached hydrogens (tertiary/aromatic N) is 1. The maximum atomic E-state index is 11.9. The first-order valence-electron chi connectivity index (χ1n) is 6.47.